The molecule has 2 bridgehead atoms. The molecule has 1 N–H and O–H groups in total. The van der Waals surface area contributed by atoms with E-state index in [9.17, 15) is 4.39 Å². The molecule has 5 nitrogen and oxygen atoms in total. The average Bonchev–Trinajstić information content (AvgIpc) is 3.42. The van der Waals surface area contributed by atoms with Gasteiger partial charge < -0.3 is 9.72 Å². The fraction of sp³-hybridized carbons (Fsp3) is 0.567. The van der Waals surface area contributed by atoms with Gasteiger partial charge >= 0.3 is 0 Å². The molecule has 3 saturated carbocycles. The minimum Gasteiger partial charge on any atom is -0.473 e. The van der Waals surface area contributed by atoms with E-state index in [1.165, 1.54) is 41.4 Å². The van der Waals surface area contributed by atoms with Crippen LogP contribution in [-0.4, -0.2) is 71.7 Å². The number of nitrogens with zero attached hydrogens (tertiary/aromatic N) is 3. The lowest BCUT2D eigenvalue weighted by Crippen LogP contribution is -2.71. The second kappa shape index (κ2) is 9.46. The number of hydrogen-bond acceptors (Lipinski definition) is 4. The van der Waals surface area contributed by atoms with Gasteiger partial charge in [-0.15, -0.1) is 0 Å². The number of benzene rings is 1. The normalized spacial score (nSPS) is 32.5. The molecule has 3 aliphatic carbocycles. The molecule has 0 radical (unpaired) electrons. The first-order valence-electron chi connectivity index (χ1n) is 13.7. The Balaban J connectivity index is 1.23. The van der Waals surface area contributed by atoms with Gasteiger partial charge in [0, 0.05) is 60.9 Å². The lowest BCUT2D eigenvalue weighted by molar-refractivity contribution is -0.174. The van der Waals surface area contributed by atoms with Gasteiger partial charge in [0.2, 0.25) is 5.90 Å². The van der Waals surface area contributed by atoms with Crippen molar-refractivity contribution in [2.45, 2.75) is 69.2 Å². The zero-order valence-electron chi connectivity index (χ0n) is 21.7. The van der Waals surface area contributed by atoms with Crippen LogP contribution in [0.25, 0.3) is 10.9 Å². The molecular weight excluding hydrogens is 451 g/mol. The number of nitrogens with one attached hydrogen (secondary N) is 1. The van der Waals surface area contributed by atoms with Crippen LogP contribution in [0.2, 0.25) is 0 Å². The number of fused-ring (bicyclic) bond motifs is 3. The van der Waals surface area contributed by atoms with E-state index in [4.69, 9.17) is 4.74 Å². The summed E-state index contributed by atoms with van der Waals surface area (Å²) in [6.07, 6.45) is 10.8. The van der Waals surface area contributed by atoms with Crippen LogP contribution in [0.4, 0.5) is 4.39 Å². The summed E-state index contributed by atoms with van der Waals surface area (Å²) in [6, 6.07) is 9.29. The number of H-pyrrole nitrogens is 1. The minimum absolute atomic E-state index is 0.105. The van der Waals surface area contributed by atoms with Crippen LogP contribution >= 0.6 is 0 Å². The summed E-state index contributed by atoms with van der Waals surface area (Å²) in [4.78, 5) is 13.3. The highest BCUT2D eigenvalue weighted by Gasteiger charge is 2.63. The Labute approximate surface area is 214 Å². The molecule has 7 rings (SSSR count). The van der Waals surface area contributed by atoms with Gasteiger partial charge in [-0.25, -0.2) is 0 Å². The first-order chi connectivity index (χ1) is 17.5. The summed E-state index contributed by atoms with van der Waals surface area (Å²) < 4.78 is 18.8. The Morgan fingerprint density at radius 2 is 2.08 bits per heavy atom. The van der Waals surface area contributed by atoms with Gasteiger partial charge in [-0.05, 0) is 68.6 Å². The van der Waals surface area contributed by atoms with Crippen molar-refractivity contribution in [3.05, 3.63) is 59.8 Å². The van der Waals surface area contributed by atoms with Crippen LogP contribution in [0.15, 0.2) is 53.6 Å². The third kappa shape index (κ3) is 4.03. The summed E-state index contributed by atoms with van der Waals surface area (Å²) >= 11 is 0. The number of aliphatic imine (C=N–C) groups is 1. The van der Waals surface area contributed by atoms with Crippen molar-refractivity contribution in [1.82, 2.24) is 14.8 Å². The standard InChI is InChI=1S/C30H39FN4O/c1-20(9-10-27(32-3)36-23-11-14-34(19-23)13-6-12-31)29-28-25(24-7-4-5-8-26(24)33-28)15-21(2)35(29)30-16-22(17-30)18-30/h4-5,7-10,21-23,29,33H,1,6,11-19H2,2-3H3/b10-9-,32-27?/t21-,22?,23-,29-,30?/m1/s1. The Morgan fingerprint density at radius 1 is 1.28 bits per heavy atom. The summed E-state index contributed by atoms with van der Waals surface area (Å²) in [7, 11) is 1.78. The zero-order chi connectivity index (χ0) is 24.9. The monoisotopic (exact) mass is 490 g/mol. The Kier molecular flexibility index (Phi) is 6.29. The summed E-state index contributed by atoms with van der Waals surface area (Å²) in [5.41, 5.74) is 5.39. The molecule has 36 heavy (non-hydrogen) atoms. The fourth-order valence-electron chi connectivity index (χ4n) is 7.30. The number of para-hydroxylation sites is 1. The third-order valence-corrected chi connectivity index (χ3v) is 9.06. The van der Waals surface area contributed by atoms with E-state index in [1.54, 1.807) is 7.05 Å². The van der Waals surface area contributed by atoms with Gasteiger partial charge in [0.25, 0.3) is 0 Å². The number of rotatable bonds is 8. The molecule has 2 aliphatic heterocycles. The zero-order valence-corrected chi connectivity index (χ0v) is 21.7. The van der Waals surface area contributed by atoms with E-state index in [2.05, 4.69) is 63.6 Å². The predicted molar refractivity (Wildman–Crippen MR) is 144 cm³/mol. The molecule has 4 fully saturated rings. The highest BCUT2D eigenvalue weighted by atomic mass is 19.1. The second-order valence-electron chi connectivity index (χ2n) is 11.5. The SMILES string of the molecule is C=C(/C=C\C(=NC)O[C@@H]1CCN(CCCF)C1)[C@@H]1c2[nH]c3ccccc3c2C[C@@H](C)N1C12CC(C1)C2. The number of aromatic nitrogens is 1. The van der Waals surface area contributed by atoms with Gasteiger partial charge in [0.1, 0.15) is 6.10 Å². The van der Waals surface area contributed by atoms with Crippen LogP contribution in [-0.2, 0) is 11.2 Å². The Morgan fingerprint density at radius 3 is 2.81 bits per heavy atom. The Bertz CT molecular complexity index is 1180. The van der Waals surface area contributed by atoms with Crippen molar-refractivity contribution in [2.75, 3.05) is 33.4 Å². The van der Waals surface area contributed by atoms with Crippen molar-refractivity contribution in [2.24, 2.45) is 10.9 Å². The first kappa shape index (κ1) is 23.9. The molecule has 1 aromatic heterocycles. The molecule has 0 spiro atoms. The molecule has 0 unspecified atom stereocenters. The van der Waals surface area contributed by atoms with Crippen molar-refractivity contribution in [1.29, 1.82) is 0 Å². The van der Waals surface area contributed by atoms with Gasteiger partial charge in [0.05, 0.1) is 12.7 Å². The van der Waals surface area contributed by atoms with E-state index in [-0.39, 0.29) is 18.8 Å². The van der Waals surface area contributed by atoms with Crippen LogP contribution in [0.5, 0.6) is 0 Å². The van der Waals surface area contributed by atoms with Crippen molar-refractivity contribution in [3.63, 3.8) is 0 Å². The summed E-state index contributed by atoms with van der Waals surface area (Å²) in [5.74, 6) is 1.57. The van der Waals surface area contributed by atoms with Gasteiger partial charge in [0.15, 0.2) is 0 Å². The second-order valence-corrected chi connectivity index (χ2v) is 11.5. The van der Waals surface area contributed by atoms with E-state index < -0.39 is 0 Å². The molecule has 3 atom stereocenters. The lowest BCUT2D eigenvalue weighted by Gasteiger charge is -2.70. The maximum Gasteiger partial charge on any atom is 0.208 e. The van der Waals surface area contributed by atoms with E-state index in [0.29, 0.717) is 23.9 Å². The molecule has 2 aromatic rings. The molecule has 1 aromatic carbocycles. The van der Waals surface area contributed by atoms with E-state index >= 15 is 0 Å². The molecule has 3 heterocycles. The maximum atomic E-state index is 12.5. The molecule has 192 valence electrons. The number of hydrogen-bond donors (Lipinski definition) is 1. The largest absolute Gasteiger partial charge is 0.473 e. The van der Waals surface area contributed by atoms with Crippen molar-refractivity contribution in [3.8, 4) is 0 Å². The van der Waals surface area contributed by atoms with Crippen LogP contribution in [0.1, 0.15) is 56.3 Å². The topological polar surface area (TPSA) is 43.9 Å². The van der Waals surface area contributed by atoms with E-state index in [0.717, 1.165) is 44.0 Å². The van der Waals surface area contributed by atoms with Gasteiger partial charge in [-0.3, -0.25) is 19.2 Å². The van der Waals surface area contributed by atoms with Crippen molar-refractivity contribution >= 4 is 16.8 Å². The number of alkyl halides is 1. The fourth-order valence-corrected chi connectivity index (χ4v) is 7.30. The predicted octanol–water partition coefficient (Wildman–Crippen LogP) is 5.60. The maximum absolute atomic E-state index is 12.5. The molecular formula is C30H39FN4O. The molecule has 6 heteroatoms. The van der Waals surface area contributed by atoms with Gasteiger partial charge in [-0.1, -0.05) is 30.9 Å². The van der Waals surface area contributed by atoms with Gasteiger partial charge in [-0.2, -0.15) is 0 Å². The lowest BCUT2D eigenvalue weighted by atomic mass is 9.48. The molecule has 1 saturated heterocycles. The number of likely N-dealkylation sites (tertiary alicyclic amines) is 1. The minimum atomic E-state index is -0.259. The number of aromatic amines is 1. The van der Waals surface area contributed by atoms with E-state index in [1.807, 2.05) is 6.08 Å². The van der Waals surface area contributed by atoms with Crippen LogP contribution < -0.4 is 0 Å². The first-order valence-corrected chi connectivity index (χ1v) is 13.7. The van der Waals surface area contributed by atoms with Crippen LogP contribution in [0.3, 0.4) is 0 Å². The number of halogens is 1. The smallest absolute Gasteiger partial charge is 0.208 e. The van der Waals surface area contributed by atoms with Crippen molar-refractivity contribution < 1.29 is 9.13 Å². The highest BCUT2D eigenvalue weighted by molar-refractivity contribution is 5.88. The quantitative estimate of drug-likeness (QED) is 0.298. The molecule has 5 aliphatic rings. The Hall–Kier alpha value is -2.44. The third-order valence-electron chi connectivity index (χ3n) is 9.06. The summed E-state index contributed by atoms with van der Waals surface area (Å²) in [5, 5.41) is 1.34. The van der Waals surface area contributed by atoms with Crippen LogP contribution in [0, 0.1) is 5.92 Å². The highest BCUT2D eigenvalue weighted by Crippen LogP contribution is 2.64. The average molecular weight is 491 g/mol. The molecule has 0 amide bonds. The summed E-state index contributed by atoms with van der Waals surface area (Å²) in [6.45, 7) is 9.33. The number of ether oxygens (including phenoxy) is 1.